The van der Waals surface area contributed by atoms with Crippen LogP contribution in [0.15, 0.2) is 18.2 Å². The maximum absolute atomic E-state index is 5.90. The van der Waals surface area contributed by atoms with Gasteiger partial charge in [0.1, 0.15) is 5.82 Å². The van der Waals surface area contributed by atoms with Gasteiger partial charge in [-0.2, -0.15) is 0 Å². The molecule has 1 aliphatic rings. The van der Waals surface area contributed by atoms with Gasteiger partial charge in [0.25, 0.3) is 0 Å². The van der Waals surface area contributed by atoms with E-state index in [2.05, 4.69) is 36.3 Å². The Bertz CT molecular complexity index is 629. The van der Waals surface area contributed by atoms with Crippen molar-refractivity contribution < 1.29 is 0 Å². The van der Waals surface area contributed by atoms with Crippen molar-refractivity contribution in [2.45, 2.75) is 39.7 Å². The van der Waals surface area contributed by atoms with Crippen molar-refractivity contribution in [1.29, 1.82) is 0 Å². The number of hydrogen-bond donors (Lipinski definition) is 1. The molecule has 4 nitrogen and oxygen atoms in total. The Morgan fingerprint density at radius 1 is 1.38 bits per heavy atom. The number of nitrogens with two attached hydrogens (primary N) is 1. The standard InChI is InChI=1S/C17H26N4/c1-4-20-8-7-13(10-20)11-21-16-6-5-14(18)9-15(16)19-17(21)12(2)3/h5-6,9,12-13H,4,7-8,10-11,18H2,1-3H3. The molecule has 1 aromatic heterocycles. The summed E-state index contributed by atoms with van der Waals surface area (Å²) in [5.41, 5.74) is 8.95. The Morgan fingerprint density at radius 2 is 2.19 bits per heavy atom. The van der Waals surface area contributed by atoms with E-state index in [1.54, 1.807) is 0 Å². The molecule has 1 unspecified atom stereocenters. The average molecular weight is 286 g/mol. The van der Waals surface area contributed by atoms with Crippen LogP contribution in [0.3, 0.4) is 0 Å². The monoisotopic (exact) mass is 286 g/mol. The zero-order valence-corrected chi connectivity index (χ0v) is 13.3. The molecule has 1 aliphatic heterocycles. The number of fused-ring (bicyclic) bond motifs is 1. The van der Waals surface area contributed by atoms with Crippen molar-refractivity contribution in [3.8, 4) is 0 Å². The van der Waals surface area contributed by atoms with Crippen LogP contribution in [0.4, 0.5) is 5.69 Å². The van der Waals surface area contributed by atoms with Crippen molar-refractivity contribution >= 4 is 16.7 Å². The van der Waals surface area contributed by atoms with Crippen LogP contribution < -0.4 is 5.73 Å². The van der Waals surface area contributed by atoms with E-state index in [1.165, 1.54) is 30.9 Å². The predicted molar refractivity (Wildman–Crippen MR) is 88.5 cm³/mol. The van der Waals surface area contributed by atoms with Gasteiger partial charge in [0.05, 0.1) is 11.0 Å². The van der Waals surface area contributed by atoms with Crippen LogP contribution in [0.1, 0.15) is 38.9 Å². The summed E-state index contributed by atoms with van der Waals surface area (Å²) in [6, 6.07) is 6.10. The highest BCUT2D eigenvalue weighted by Crippen LogP contribution is 2.27. The molecule has 1 atom stereocenters. The first kappa shape index (κ1) is 14.4. The minimum Gasteiger partial charge on any atom is -0.399 e. The average Bonchev–Trinajstić information content (AvgIpc) is 3.04. The number of rotatable bonds is 4. The second-order valence-electron chi connectivity index (χ2n) is 6.53. The van der Waals surface area contributed by atoms with Gasteiger partial charge >= 0.3 is 0 Å². The highest BCUT2D eigenvalue weighted by Gasteiger charge is 2.24. The second-order valence-corrected chi connectivity index (χ2v) is 6.53. The van der Waals surface area contributed by atoms with Gasteiger partial charge in [0.2, 0.25) is 0 Å². The van der Waals surface area contributed by atoms with Crippen LogP contribution in [0.2, 0.25) is 0 Å². The highest BCUT2D eigenvalue weighted by molar-refractivity contribution is 5.79. The number of imidazole rings is 1. The highest BCUT2D eigenvalue weighted by atomic mass is 15.2. The van der Waals surface area contributed by atoms with Crippen molar-refractivity contribution in [3.63, 3.8) is 0 Å². The molecule has 114 valence electrons. The number of hydrogen-bond acceptors (Lipinski definition) is 3. The molecule has 0 aliphatic carbocycles. The largest absolute Gasteiger partial charge is 0.399 e. The molecule has 2 heterocycles. The Balaban J connectivity index is 1.94. The third-order valence-corrected chi connectivity index (χ3v) is 4.58. The van der Waals surface area contributed by atoms with Gasteiger partial charge in [-0.25, -0.2) is 4.98 Å². The van der Waals surface area contributed by atoms with Crippen molar-refractivity contribution in [2.24, 2.45) is 5.92 Å². The minimum atomic E-state index is 0.433. The van der Waals surface area contributed by atoms with Crippen LogP contribution in [0, 0.1) is 5.92 Å². The lowest BCUT2D eigenvalue weighted by molar-refractivity contribution is 0.332. The molecule has 21 heavy (non-hydrogen) atoms. The molecule has 0 radical (unpaired) electrons. The summed E-state index contributed by atoms with van der Waals surface area (Å²) in [6.07, 6.45) is 1.29. The number of nitrogens with zero attached hydrogens (tertiary/aromatic N) is 3. The van der Waals surface area contributed by atoms with Crippen LogP contribution in [0.25, 0.3) is 11.0 Å². The summed E-state index contributed by atoms with van der Waals surface area (Å²) in [6.45, 7) is 11.4. The normalized spacial score (nSPS) is 19.9. The van der Waals surface area contributed by atoms with E-state index in [-0.39, 0.29) is 0 Å². The van der Waals surface area contributed by atoms with E-state index >= 15 is 0 Å². The van der Waals surface area contributed by atoms with E-state index in [0.717, 1.165) is 30.2 Å². The Labute approximate surface area is 126 Å². The van der Waals surface area contributed by atoms with E-state index in [0.29, 0.717) is 5.92 Å². The van der Waals surface area contributed by atoms with Gasteiger partial charge in [-0.3, -0.25) is 0 Å². The summed E-state index contributed by atoms with van der Waals surface area (Å²) in [5, 5.41) is 0. The Kier molecular flexibility index (Phi) is 3.89. The fraction of sp³-hybridized carbons (Fsp3) is 0.588. The molecule has 1 aromatic carbocycles. The van der Waals surface area contributed by atoms with E-state index in [1.807, 2.05) is 12.1 Å². The van der Waals surface area contributed by atoms with E-state index < -0.39 is 0 Å². The Hall–Kier alpha value is -1.55. The quantitative estimate of drug-likeness (QED) is 0.879. The predicted octanol–water partition coefficient (Wildman–Crippen LogP) is 3.08. The van der Waals surface area contributed by atoms with Crippen LogP contribution in [-0.2, 0) is 6.54 Å². The molecule has 2 N–H and O–H groups in total. The van der Waals surface area contributed by atoms with Crippen molar-refractivity contribution in [3.05, 3.63) is 24.0 Å². The molecule has 0 amide bonds. The molecule has 1 fully saturated rings. The van der Waals surface area contributed by atoms with Crippen LogP contribution >= 0.6 is 0 Å². The lowest BCUT2D eigenvalue weighted by Crippen LogP contribution is -2.21. The van der Waals surface area contributed by atoms with E-state index in [4.69, 9.17) is 10.7 Å². The smallest absolute Gasteiger partial charge is 0.112 e. The zero-order valence-electron chi connectivity index (χ0n) is 13.3. The van der Waals surface area contributed by atoms with Gasteiger partial charge in [0.15, 0.2) is 0 Å². The molecule has 0 spiro atoms. The molecule has 0 bridgehead atoms. The summed E-state index contributed by atoms with van der Waals surface area (Å²) in [4.78, 5) is 7.36. The molecule has 1 saturated heterocycles. The number of aromatic nitrogens is 2. The molecular formula is C17H26N4. The molecule has 4 heteroatoms. The lowest BCUT2D eigenvalue weighted by Gasteiger charge is -2.17. The zero-order chi connectivity index (χ0) is 15.0. The summed E-state index contributed by atoms with van der Waals surface area (Å²) < 4.78 is 2.42. The number of anilines is 1. The third-order valence-electron chi connectivity index (χ3n) is 4.58. The van der Waals surface area contributed by atoms with Gasteiger partial charge in [0, 0.05) is 24.7 Å². The number of nitrogen functional groups attached to an aromatic ring is 1. The van der Waals surface area contributed by atoms with Gasteiger partial charge in [-0.15, -0.1) is 0 Å². The Morgan fingerprint density at radius 3 is 2.86 bits per heavy atom. The summed E-state index contributed by atoms with van der Waals surface area (Å²) >= 11 is 0. The fourth-order valence-corrected chi connectivity index (χ4v) is 3.41. The first-order valence-electron chi connectivity index (χ1n) is 8.06. The minimum absolute atomic E-state index is 0.433. The summed E-state index contributed by atoms with van der Waals surface area (Å²) in [7, 11) is 0. The van der Waals surface area contributed by atoms with Gasteiger partial charge in [-0.05, 0) is 43.6 Å². The van der Waals surface area contributed by atoms with Crippen LogP contribution in [-0.4, -0.2) is 34.1 Å². The second kappa shape index (κ2) is 5.68. The van der Waals surface area contributed by atoms with Gasteiger partial charge in [-0.1, -0.05) is 20.8 Å². The lowest BCUT2D eigenvalue weighted by atomic mass is 10.1. The van der Waals surface area contributed by atoms with Crippen LogP contribution in [0.5, 0.6) is 0 Å². The SMILES string of the molecule is CCN1CCC(Cn2c(C(C)C)nc3cc(N)ccc32)C1. The van der Waals surface area contributed by atoms with E-state index in [9.17, 15) is 0 Å². The molecular weight excluding hydrogens is 260 g/mol. The molecule has 0 saturated carbocycles. The first-order valence-corrected chi connectivity index (χ1v) is 8.06. The maximum atomic E-state index is 5.90. The third kappa shape index (κ3) is 2.77. The molecule has 3 rings (SSSR count). The fourth-order valence-electron chi connectivity index (χ4n) is 3.41. The van der Waals surface area contributed by atoms with Crippen molar-refractivity contribution in [1.82, 2.24) is 14.5 Å². The first-order chi connectivity index (χ1) is 10.1. The van der Waals surface area contributed by atoms with Crippen molar-refractivity contribution in [2.75, 3.05) is 25.4 Å². The molecule has 2 aromatic rings. The summed E-state index contributed by atoms with van der Waals surface area (Å²) in [5.74, 6) is 2.35. The number of likely N-dealkylation sites (tertiary alicyclic amines) is 1. The topological polar surface area (TPSA) is 47.1 Å². The van der Waals surface area contributed by atoms with Gasteiger partial charge < -0.3 is 15.2 Å². The maximum Gasteiger partial charge on any atom is 0.112 e. The number of benzene rings is 1.